The Bertz CT molecular complexity index is 354. The van der Waals surface area contributed by atoms with Crippen molar-refractivity contribution >= 4 is 22.4 Å². The fourth-order valence-electron chi connectivity index (χ4n) is 1.62. The second-order valence-corrected chi connectivity index (χ2v) is 5.53. The van der Waals surface area contributed by atoms with Crippen LogP contribution < -0.4 is 4.90 Å². The molecule has 0 aliphatic heterocycles. The number of aliphatic carboxylic acids is 1. The first-order valence-electron chi connectivity index (χ1n) is 6.02. The van der Waals surface area contributed by atoms with Crippen LogP contribution >= 0.6 is 11.3 Å². The molecule has 0 aliphatic rings. The minimum absolute atomic E-state index is 0.381. The molecule has 0 fully saturated rings. The highest BCUT2D eigenvalue weighted by molar-refractivity contribution is 7.13. The van der Waals surface area contributed by atoms with E-state index in [4.69, 9.17) is 5.11 Å². The summed E-state index contributed by atoms with van der Waals surface area (Å²) in [5, 5.41) is 11.8. The zero-order valence-electron chi connectivity index (χ0n) is 11.2. The van der Waals surface area contributed by atoms with Crippen LogP contribution in [-0.4, -0.2) is 54.7 Å². The second-order valence-electron chi connectivity index (χ2n) is 4.66. The first kappa shape index (κ1) is 14.9. The lowest BCUT2D eigenvalue weighted by molar-refractivity contribution is -0.140. The fourth-order valence-corrected chi connectivity index (χ4v) is 2.30. The summed E-state index contributed by atoms with van der Waals surface area (Å²) in [4.78, 5) is 19.4. The molecule has 0 amide bonds. The van der Waals surface area contributed by atoms with Crippen molar-refractivity contribution in [3.8, 4) is 0 Å². The lowest BCUT2D eigenvalue weighted by Crippen LogP contribution is -2.33. The molecule has 0 radical (unpaired) electrons. The van der Waals surface area contributed by atoms with Gasteiger partial charge in [-0.05, 0) is 27.1 Å². The average Bonchev–Trinajstić information content (AvgIpc) is 2.80. The van der Waals surface area contributed by atoms with Gasteiger partial charge in [-0.3, -0.25) is 4.79 Å². The monoisotopic (exact) mass is 271 g/mol. The number of nitrogens with zero attached hydrogens (tertiary/aromatic N) is 3. The Balaban J connectivity index is 2.56. The molecule has 0 saturated carbocycles. The highest BCUT2D eigenvalue weighted by Crippen LogP contribution is 2.19. The number of carbonyl (C=O) groups is 1. The minimum Gasteiger partial charge on any atom is -0.481 e. The van der Waals surface area contributed by atoms with Crippen LogP contribution in [0.2, 0.25) is 0 Å². The number of anilines is 1. The van der Waals surface area contributed by atoms with Crippen molar-refractivity contribution in [2.75, 3.05) is 38.6 Å². The number of rotatable bonds is 8. The third-order valence-corrected chi connectivity index (χ3v) is 3.47. The second kappa shape index (κ2) is 7.33. The van der Waals surface area contributed by atoms with Gasteiger partial charge in [0.15, 0.2) is 5.13 Å². The molecule has 1 aromatic heterocycles. The van der Waals surface area contributed by atoms with E-state index in [0.717, 1.165) is 24.6 Å². The highest BCUT2D eigenvalue weighted by atomic mass is 32.1. The predicted octanol–water partition coefficient (Wildman–Crippen LogP) is 1.62. The van der Waals surface area contributed by atoms with Gasteiger partial charge in [0.05, 0.1) is 5.92 Å². The highest BCUT2D eigenvalue weighted by Gasteiger charge is 2.17. The molecule has 1 rings (SSSR count). The van der Waals surface area contributed by atoms with Crippen molar-refractivity contribution < 1.29 is 9.90 Å². The molecule has 5 nitrogen and oxygen atoms in total. The van der Waals surface area contributed by atoms with Crippen LogP contribution in [0, 0.1) is 5.92 Å². The predicted molar refractivity (Wildman–Crippen MR) is 74.3 cm³/mol. The van der Waals surface area contributed by atoms with E-state index in [2.05, 4.69) is 14.8 Å². The summed E-state index contributed by atoms with van der Waals surface area (Å²) >= 11 is 1.55. The number of hydrogen-bond acceptors (Lipinski definition) is 5. The number of carboxylic acid groups (broad SMARTS) is 1. The van der Waals surface area contributed by atoms with Gasteiger partial charge in [-0.1, -0.05) is 6.92 Å². The van der Waals surface area contributed by atoms with Crippen molar-refractivity contribution in [3.63, 3.8) is 0 Å². The van der Waals surface area contributed by atoms with Gasteiger partial charge in [-0.2, -0.15) is 0 Å². The topological polar surface area (TPSA) is 56.7 Å². The van der Waals surface area contributed by atoms with Crippen LogP contribution in [0.4, 0.5) is 5.13 Å². The maximum atomic E-state index is 10.9. The molecule has 1 aromatic rings. The zero-order valence-corrected chi connectivity index (χ0v) is 12.0. The Morgan fingerprint density at radius 3 is 2.72 bits per heavy atom. The maximum Gasteiger partial charge on any atom is 0.308 e. The molecule has 0 bridgehead atoms. The molecule has 1 heterocycles. The van der Waals surface area contributed by atoms with E-state index in [1.807, 2.05) is 19.5 Å². The zero-order chi connectivity index (χ0) is 13.5. The molecule has 1 N–H and O–H groups in total. The van der Waals surface area contributed by atoms with Crippen molar-refractivity contribution in [1.29, 1.82) is 0 Å². The van der Waals surface area contributed by atoms with Gasteiger partial charge >= 0.3 is 5.97 Å². The summed E-state index contributed by atoms with van der Waals surface area (Å²) in [5.41, 5.74) is 0. The minimum atomic E-state index is -0.760. The number of carboxylic acids is 1. The quantitative estimate of drug-likeness (QED) is 0.778. The largest absolute Gasteiger partial charge is 0.481 e. The van der Waals surface area contributed by atoms with E-state index >= 15 is 0 Å². The lowest BCUT2D eigenvalue weighted by Gasteiger charge is -2.24. The van der Waals surface area contributed by atoms with E-state index in [9.17, 15) is 4.79 Å². The van der Waals surface area contributed by atoms with E-state index in [1.54, 1.807) is 24.5 Å². The Labute approximate surface area is 112 Å². The third-order valence-electron chi connectivity index (χ3n) is 2.64. The van der Waals surface area contributed by atoms with Gasteiger partial charge in [0.25, 0.3) is 0 Å². The average molecular weight is 271 g/mol. The summed E-state index contributed by atoms with van der Waals surface area (Å²) in [6.45, 7) is 4.07. The van der Waals surface area contributed by atoms with Crippen molar-refractivity contribution in [2.24, 2.45) is 5.92 Å². The van der Waals surface area contributed by atoms with Crippen molar-refractivity contribution in [2.45, 2.75) is 13.3 Å². The molecule has 102 valence electrons. The summed E-state index contributed by atoms with van der Waals surface area (Å²) in [6.07, 6.45) is 2.75. The molecule has 0 aromatic carbocycles. The summed E-state index contributed by atoms with van der Waals surface area (Å²) < 4.78 is 0. The summed E-state index contributed by atoms with van der Waals surface area (Å²) in [6, 6.07) is 0. The Morgan fingerprint density at radius 2 is 2.22 bits per heavy atom. The first-order chi connectivity index (χ1) is 8.50. The van der Waals surface area contributed by atoms with Gasteiger partial charge in [-0.25, -0.2) is 4.98 Å². The van der Waals surface area contributed by atoms with E-state index in [1.165, 1.54) is 0 Å². The Hall–Kier alpha value is -1.14. The van der Waals surface area contributed by atoms with Gasteiger partial charge in [0.1, 0.15) is 0 Å². The molecule has 6 heteroatoms. The lowest BCUT2D eigenvalue weighted by atomic mass is 10.1. The molecule has 0 aliphatic carbocycles. The van der Waals surface area contributed by atoms with Gasteiger partial charge in [0, 0.05) is 24.7 Å². The Kier molecular flexibility index (Phi) is 6.07. The fraction of sp³-hybridized carbons (Fsp3) is 0.667. The Morgan fingerprint density at radius 1 is 1.50 bits per heavy atom. The van der Waals surface area contributed by atoms with Gasteiger partial charge in [-0.15, -0.1) is 11.3 Å². The molecule has 0 spiro atoms. The number of hydrogen-bond donors (Lipinski definition) is 1. The number of thiazole rings is 1. The third kappa shape index (κ3) is 5.01. The van der Waals surface area contributed by atoms with Crippen molar-refractivity contribution in [3.05, 3.63) is 11.6 Å². The standard InChI is InChI=1S/C12H21N3O2S/c1-10(11(16)17)9-15(7-4-6-14(2)3)12-13-5-8-18-12/h5,8,10H,4,6-7,9H2,1-3H3,(H,16,17). The molecular formula is C12H21N3O2S. The van der Waals surface area contributed by atoms with Gasteiger partial charge < -0.3 is 14.9 Å². The van der Waals surface area contributed by atoms with Crippen molar-refractivity contribution in [1.82, 2.24) is 9.88 Å². The van der Waals surface area contributed by atoms with E-state index in [-0.39, 0.29) is 5.92 Å². The van der Waals surface area contributed by atoms with Crippen LogP contribution in [-0.2, 0) is 4.79 Å². The molecule has 0 saturated heterocycles. The van der Waals surface area contributed by atoms with E-state index < -0.39 is 5.97 Å². The maximum absolute atomic E-state index is 10.9. The van der Waals surface area contributed by atoms with Crippen LogP contribution in [0.1, 0.15) is 13.3 Å². The first-order valence-corrected chi connectivity index (χ1v) is 6.90. The van der Waals surface area contributed by atoms with Crippen LogP contribution in [0.3, 0.4) is 0 Å². The molecule has 1 unspecified atom stereocenters. The molecule has 1 atom stereocenters. The SMILES string of the molecule is CC(CN(CCCN(C)C)c1nccs1)C(=O)O. The molecule has 18 heavy (non-hydrogen) atoms. The summed E-state index contributed by atoms with van der Waals surface area (Å²) in [7, 11) is 4.07. The summed E-state index contributed by atoms with van der Waals surface area (Å²) in [5.74, 6) is -1.14. The van der Waals surface area contributed by atoms with E-state index in [0.29, 0.717) is 6.54 Å². The van der Waals surface area contributed by atoms with Gasteiger partial charge in [0.2, 0.25) is 0 Å². The van der Waals surface area contributed by atoms with Crippen LogP contribution in [0.25, 0.3) is 0 Å². The number of aromatic nitrogens is 1. The smallest absolute Gasteiger partial charge is 0.308 e. The normalized spacial score (nSPS) is 12.7. The van der Waals surface area contributed by atoms with Crippen LogP contribution in [0.5, 0.6) is 0 Å². The van der Waals surface area contributed by atoms with Crippen LogP contribution in [0.15, 0.2) is 11.6 Å². The molecular weight excluding hydrogens is 250 g/mol.